The van der Waals surface area contributed by atoms with Gasteiger partial charge in [0.15, 0.2) is 0 Å². The van der Waals surface area contributed by atoms with Gasteiger partial charge in [-0.25, -0.2) is 0 Å². The van der Waals surface area contributed by atoms with Gasteiger partial charge in [-0.2, -0.15) is 0 Å². The van der Waals surface area contributed by atoms with Crippen LogP contribution in [-0.4, -0.2) is 35.7 Å². The second kappa shape index (κ2) is 4.59. The summed E-state index contributed by atoms with van der Waals surface area (Å²) < 4.78 is 6.74. The highest BCUT2D eigenvalue weighted by atomic mass is 79.9. The lowest BCUT2D eigenvalue weighted by molar-refractivity contribution is 0.0140. The number of aliphatic hydroxyl groups excluding tert-OH is 1. The Morgan fingerprint density at radius 2 is 2.06 bits per heavy atom. The number of hydrogen-bond acceptors (Lipinski definition) is 3. The maximum atomic E-state index is 10.5. The summed E-state index contributed by atoms with van der Waals surface area (Å²) in [5.74, 6) is 0.816. The number of aliphatic hydroxyl groups is 1. The van der Waals surface area contributed by atoms with Gasteiger partial charge < -0.3 is 9.84 Å². The molecule has 0 spiro atoms. The monoisotopic (exact) mass is 297 g/mol. The number of halogens is 1. The van der Waals surface area contributed by atoms with E-state index < -0.39 is 6.10 Å². The highest BCUT2D eigenvalue weighted by Gasteiger charge is 2.34. The number of fused-ring (bicyclic) bond motifs is 1. The number of ether oxygens (including phenoxy) is 1. The third kappa shape index (κ3) is 2.09. The van der Waals surface area contributed by atoms with Gasteiger partial charge in [0.1, 0.15) is 18.5 Å². The molecule has 3 rings (SSSR count). The predicted octanol–water partition coefficient (Wildman–Crippen LogP) is 2.34. The van der Waals surface area contributed by atoms with Crippen molar-refractivity contribution in [1.29, 1.82) is 0 Å². The zero-order chi connectivity index (χ0) is 11.8. The molecule has 2 unspecified atom stereocenters. The van der Waals surface area contributed by atoms with Crippen molar-refractivity contribution in [2.75, 3.05) is 19.7 Å². The van der Waals surface area contributed by atoms with Gasteiger partial charge in [-0.05, 0) is 44.1 Å². The summed E-state index contributed by atoms with van der Waals surface area (Å²) in [5, 5.41) is 10.5. The Kier molecular flexibility index (Phi) is 3.11. The van der Waals surface area contributed by atoms with Crippen molar-refractivity contribution in [3.63, 3.8) is 0 Å². The zero-order valence-corrected chi connectivity index (χ0v) is 11.2. The molecule has 2 atom stereocenters. The topological polar surface area (TPSA) is 32.7 Å². The minimum atomic E-state index is -0.436. The molecule has 3 nitrogen and oxygen atoms in total. The second-order valence-electron chi connectivity index (χ2n) is 4.75. The van der Waals surface area contributed by atoms with Crippen LogP contribution in [0.3, 0.4) is 0 Å². The number of rotatable bonds is 1. The largest absolute Gasteiger partial charge is 0.491 e. The van der Waals surface area contributed by atoms with Crippen molar-refractivity contribution >= 4 is 15.9 Å². The van der Waals surface area contributed by atoms with Crippen LogP contribution in [0.25, 0.3) is 0 Å². The van der Waals surface area contributed by atoms with Crippen LogP contribution in [0.2, 0.25) is 0 Å². The van der Waals surface area contributed by atoms with E-state index in [-0.39, 0.29) is 6.04 Å². The lowest BCUT2D eigenvalue weighted by atomic mass is 9.98. The van der Waals surface area contributed by atoms with E-state index in [0.717, 1.165) is 28.9 Å². The molecule has 2 aliphatic heterocycles. The van der Waals surface area contributed by atoms with Crippen molar-refractivity contribution in [1.82, 2.24) is 4.90 Å². The Morgan fingerprint density at radius 3 is 2.82 bits per heavy atom. The average molecular weight is 298 g/mol. The lowest BCUT2D eigenvalue weighted by Crippen LogP contribution is -2.44. The summed E-state index contributed by atoms with van der Waals surface area (Å²) in [6.45, 7) is 2.75. The van der Waals surface area contributed by atoms with E-state index in [1.165, 1.54) is 12.8 Å². The fraction of sp³-hybridized carbons (Fsp3) is 0.538. The second-order valence-corrected chi connectivity index (χ2v) is 5.66. The molecule has 1 N–H and O–H groups in total. The van der Waals surface area contributed by atoms with E-state index in [0.29, 0.717) is 6.61 Å². The summed E-state index contributed by atoms with van der Waals surface area (Å²) in [5.41, 5.74) is 0.905. The van der Waals surface area contributed by atoms with Gasteiger partial charge in [0.2, 0.25) is 0 Å². The van der Waals surface area contributed by atoms with Crippen LogP contribution in [0.5, 0.6) is 5.75 Å². The minimum Gasteiger partial charge on any atom is -0.491 e. The molecule has 0 bridgehead atoms. The zero-order valence-electron chi connectivity index (χ0n) is 9.60. The molecule has 0 aromatic heterocycles. The highest BCUT2D eigenvalue weighted by molar-refractivity contribution is 9.10. The van der Waals surface area contributed by atoms with E-state index in [1.54, 1.807) is 0 Å². The molecule has 1 aromatic rings. The smallest absolute Gasteiger partial charge is 0.125 e. The fourth-order valence-electron chi connectivity index (χ4n) is 2.73. The van der Waals surface area contributed by atoms with E-state index in [4.69, 9.17) is 4.74 Å². The van der Waals surface area contributed by atoms with E-state index in [9.17, 15) is 5.11 Å². The summed E-state index contributed by atoms with van der Waals surface area (Å²) in [6, 6.07) is 5.94. The van der Waals surface area contributed by atoms with Gasteiger partial charge >= 0.3 is 0 Å². The Bertz CT molecular complexity index is 418. The Labute approximate surface area is 110 Å². The van der Waals surface area contributed by atoms with Gasteiger partial charge in [-0.15, -0.1) is 0 Å². The molecular weight excluding hydrogens is 282 g/mol. The normalized spacial score (nSPS) is 28.8. The SMILES string of the molecule is OC1c2cc(Br)ccc2OCC1N1CCCC1. The first kappa shape index (κ1) is 11.5. The Balaban J connectivity index is 1.88. The molecule has 1 fully saturated rings. The first-order valence-corrected chi connectivity index (χ1v) is 6.89. The molecule has 0 radical (unpaired) electrons. The number of nitrogens with zero attached hydrogens (tertiary/aromatic N) is 1. The predicted molar refractivity (Wildman–Crippen MR) is 69.2 cm³/mol. The van der Waals surface area contributed by atoms with Crippen LogP contribution in [0.15, 0.2) is 22.7 Å². The quantitative estimate of drug-likeness (QED) is 0.864. The van der Waals surface area contributed by atoms with Gasteiger partial charge in [0, 0.05) is 10.0 Å². The van der Waals surface area contributed by atoms with Gasteiger partial charge in [-0.1, -0.05) is 15.9 Å². The van der Waals surface area contributed by atoms with Crippen molar-refractivity contribution in [3.8, 4) is 5.75 Å². The molecule has 0 saturated carbocycles. The maximum absolute atomic E-state index is 10.5. The van der Waals surface area contributed by atoms with Crippen molar-refractivity contribution in [2.24, 2.45) is 0 Å². The molecule has 1 saturated heterocycles. The third-order valence-electron chi connectivity index (χ3n) is 3.67. The summed E-state index contributed by atoms with van der Waals surface area (Å²) >= 11 is 3.44. The molecule has 2 aliphatic rings. The molecule has 17 heavy (non-hydrogen) atoms. The molecule has 2 heterocycles. The van der Waals surface area contributed by atoms with Crippen molar-refractivity contribution < 1.29 is 9.84 Å². The van der Waals surface area contributed by atoms with E-state index in [1.807, 2.05) is 18.2 Å². The van der Waals surface area contributed by atoms with Crippen LogP contribution in [0, 0.1) is 0 Å². The third-order valence-corrected chi connectivity index (χ3v) is 4.17. The standard InChI is InChI=1S/C13H16BrNO2/c14-9-3-4-12-10(7-9)13(16)11(8-17-12)15-5-1-2-6-15/h3-4,7,11,13,16H,1-2,5-6,8H2. The number of benzene rings is 1. The maximum Gasteiger partial charge on any atom is 0.125 e. The molecule has 4 heteroatoms. The lowest BCUT2D eigenvalue weighted by Gasteiger charge is -2.36. The van der Waals surface area contributed by atoms with E-state index in [2.05, 4.69) is 20.8 Å². The molecule has 0 aliphatic carbocycles. The summed E-state index contributed by atoms with van der Waals surface area (Å²) in [4.78, 5) is 2.34. The minimum absolute atomic E-state index is 0.110. The summed E-state index contributed by atoms with van der Waals surface area (Å²) in [6.07, 6.45) is 2.03. The molecule has 1 aromatic carbocycles. The first-order valence-electron chi connectivity index (χ1n) is 6.10. The number of hydrogen-bond donors (Lipinski definition) is 1. The highest BCUT2D eigenvalue weighted by Crippen LogP contribution is 2.36. The average Bonchev–Trinajstić information content (AvgIpc) is 2.84. The first-order chi connectivity index (χ1) is 8.25. The van der Waals surface area contributed by atoms with Gasteiger partial charge in [0.05, 0.1) is 6.04 Å². The Morgan fingerprint density at radius 1 is 1.29 bits per heavy atom. The van der Waals surface area contributed by atoms with Crippen LogP contribution in [0.1, 0.15) is 24.5 Å². The van der Waals surface area contributed by atoms with Gasteiger partial charge in [0.25, 0.3) is 0 Å². The van der Waals surface area contributed by atoms with Crippen molar-refractivity contribution in [2.45, 2.75) is 25.0 Å². The van der Waals surface area contributed by atoms with Gasteiger partial charge in [-0.3, -0.25) is 4.90 Å². The summed E-state index contributed by atoms with van der Waals surface area (Å²) in [7, 11) is 0. The van der Waals surface area contributed by atoms with Crippen LogP contribution < -0.4 is 4.74 Å². The molecular formula is C13H16BrNO2. The molecule has 0 amide bonds. The van der Waals surface area contributed by atoms with Crippen LogP contribution >= 0.6 is 15.9 Å². The van der Waals surface area contributed by atoms with Crippen LogP contribution in [0.4, 0.5) is 0 Å². The number of likely N-dealkylation sites (tertiary alicyclic amines) is 1. The van der Waals surface area contributed by atoms with E-state index >= 15 is 0 Å². The van der Waals surface area contributed by atoms with Crippen molar-refractivity contribution in [3.05, 3.63) is 28.2 Å². The molecule has 92 valence electrons. The fourth-order valence-corrected chi connectivity index (χ4v) is 3.11. The Hall–Kier alpha value is -0.580. The van der Waals surface area contributed by atoms with Crippen LogP contribution in [-0.2, 0) is 0 Å².